The van der Waals surface area contributed by atoms with Crippen molar-refractivity contribution in [2.45, 2.75) is 26.7 Å². The molecule has 2 N–H and O–H groups in total. The van der Waals surface area contributed by atoms with Gasteiger partial charge in [0.15, 0.2) is 0 Å². The van der Waals surface area contributed by atoms with Gasteiger partial charge in [-0.25, -0.2) is 14.6 Å². The van der Waals surface area contributed by atoms with E-state index in [0.717, 1.165) is 4.88 Å². The van der Waals surface area contributed by atoms with E-state index in [1.165, 1.54) is 23.6 Å². The summed E-state index contributed by atoms with van der Waals surface area (Å²) < 4.78 is 5.08. The maximum atomic E-state index is 12.1. The van der Waals surface area contributed by atoms with E-state index in [-0.39, 0.29) is 17.5 Å². The maximum absolute atomic E-state index is 12.1. The predicted octanol–water partition coefficient (Wildman–Crippen LogP) is 3.89. The third-order valence-electron chi connectivity index (χ3n) is 3.07. The molecule has 0 fully saturated rings. The molecule has 6 nitrogen and oxygen atoms in total. The minimum atomic E-state index is -1.03. The molecule has 0 aromatic carbocycles. The Balaban J connectivity index is 2.30. The first-order valence-corrected chi connectivity index (χ1v) is 8.01. The molecule has 7 heteroatoms. The van der Waals surface area contributed by atoms with Gasteiger partial charge in [-0.2, -0.15) is 0 Å². The first-order valence-electron chi connectivity index (χ1n) is 7.19. The van der Waals surface area contributed by atoms with E-state index >= 15 is 0 Å². The van der Waals surface area contributed by atoms with Crippen LogP contribution in [0.1, 0.15) is 52.3 Å². The molecule has 0 aliphatic rings. The third kappa shape index (κ3) is 4.07. The highest BCUT2D eigenvalue weighted by Gasteiger charge is 2.19. The highest BCUT2D eigenvalue weighted by molar-refractivity contribution is 7.16. The van der Waals surface area contributed by atoms with Crippen LogP contribution in [-0.2, 0) is 4.74 Å². The number of aromatic nitrogens is 1. The van der Waals surface area contributed by atoms with Gasteiger partial charge in [0.05, 0.1) is 17.7 Å². The molecule has 2 heterocycles. The number of carbonyl (C=O) groups is 2. The van der Waals surface area contributed by atoms with Crippen molar-refractivity contribution >= 4 is 34.1 Å². The zero-order valence-corrected chi connectivity index (χ0v) is 13.9. The fourth-order valence-corrected chi connectivity index (χ4v) is 2.91. The minimum Gasteiger partial charge on any atom is -0.478 e. The summed E-state index contributed by atoms with van der Waals surface area (Å²) in [6, 6.07) is 4.84. The average molecular weight is 334 g/mol. The van der Waals surface area contributed by atoms with E-state index in [1.54, 1.807) is 13.0 Å². The van der Waals surface area contributed by atoms with Gasteiger partial charge in [0.25, 0.3) is 0 Å². The molecule has 0 unspecified atom stereocenters. The lowest BCUT2D eigenvalue weighted by atomic mass is 10.1. The number of aromatic carboxylic acids is 1. The van der Waals surface area contributed by atoms with Gasteiger partial charge in [-0.15, -0.1) is 11.3 Å². The third-order valence-corrected chi connectivity index (χ3v) is 4.42. The molecular weight excluding hydrogens is 316 g/mol. The Morgan fingerprint density at radius 2 is 2.13 bits per heavy atom. The lowest BCUT2D eigenvalue weighted by molar-refractivity contribution is 0.0527. The largest absolute Gasteiger partial charge is 0.478 e. The van der Waals surface area contributed by atoms with Crippen molar-refractivity contribution in [1.82, 2.24) is 4.98 Å². The van der Waals surface area contributed by atoms with Gasteiger partial charge < -0.3 is 15.2 Å². The Kier molecular flexibility index (Phi) is 5.33. The number of carboxylic acids is 1. The van der Waals surface area contributed by atoms with Crippen molar-refractivity contribution in [3.63, 3.8) is 0 Å². The second kappa shape index (κ2) is 7.23. The minimum absolute atomic E-state index is 0.107. The molecule has 0 radical (unpaired) electrons. The van der Waals surface area contributed by atoms with Gasteiger partial charge in [0.2, 0.25) is 0 Å². The Morgan fingerprint density at radius 1 is 1.39 bits per heavy atom. The topological polar surface area (TPSA) is 88.5 Å². The molecule has 0 saturated carbocycles. The number of ether oxygens (including phenoxy) is 1. The molecule has 2 aromatic rings. The van der Waals surface area contributed by atoms with Crippen LogP contribution in [-0.4, -0.2) is 28.6 Å². The number of esters is 1. The molecule has 0 bridgehead atoms. The molecule has 0 spiro atoms. The quantitative estimate of drug-likeness (QED) is 0.779. The highest BCUT2D eigenvalue weighted by atomic mass is 32.1. The molecule has 0 amide bonds. The Hall–Kier alpha value is -2.41. The van der Waals surface area contributed by atoms with Gasteiger partial charge in [-0.05, 0) is 31.0 Å². The summed E-state index contributed by atoms with van der Waals surface area (Å²) in [5.41, 5.74) is 0.569. The number of nitrogens with zero attached hydrogens (tertiary/aromatic N) is 1. The maximum Gasteiger partial charge on any atom is 0.341 e. The standard InChI is InChI=1S/C16H18N2O4S/c1-4-22-16(21)11-7-12(9(2)3)23-14(11)18-13-6-5-10(8-17-13)15(19)20/h5-9H,4H2,1-3H3,(H,17,18)(H,19,20). The van der Waals surface area contributed by atoms with E-state index in [2.05, 4.69) is 10.3 Å². The summed E-state index contributed by atoms with van der Waals surface area (Å²) in [6.07, 6.45) is 1.27. The van der Waals surface area contributed by atoms with Crippen molar-refractivity contribution in [2.75, 3.05) is 11.9 Å². The molecule has 122 valence electrons. The molecule has 0 aliphatic carbocycles. The number of hydrogen-bond donors (Lipinski definition) is 2. The summed E-state index contributed by atoms with van der Waals surface area (Å²) in [5.74, 6) is -0.668. The number of carbonyl (C=O) groups excluding carboxylic acids is 1. The van der Waals surface area contributed by atoms with Crippen LogP contribution in [0.2, 0.25) is 0 Å². The summed E-state index contributed by atoms with van der Waals surface area (Å²) in [7, 11) is 0. The number of carboxylic acid groups (broad SMARTS) is 1. The molecule has 0 atom stereocenters. The van der Waals surface area contributed by atoms with Crippen LogP contribution in [0, 0.1) is 0 Å². The number of hydrogen-bond acceptors (Lipinski definition) is 6. The summed E-state index contributed by atoms with van der Waals surface area (Å²) in [6.45, 7) is 6.15. The van der Waals surface area contributed by atoms with Gasteiger partial charge in [0, 0.05) is 11.1 Å². The molecule has 23 heavy (non-hydrogen) atoms. The predicted molar refractivity (Wildman–Crippen MR) is 88.8 cm³/mol. The SMILES string of the molecule is CCOC(=O)c1cc(C(C)C)sc1Nc1ccc(C(=O)O)cn1. The molecular formula is C16H18N2O4S. The van der Waals surface area contributed by atoms with E-state index in [1.807, 2.05) is 19.9 Å². The Morgan fingerprint density at radius 3 is 2.65 bits per heavy atom. The number of pyridine rings is 1. The van der Waals surface area contributed by atoms with Crippen LogP contribution in [0.15, 0.2) is 24.4 Å². The van der Waals surface area contributed by atoms with Crippen LogP contribution < -0.4 is 5.32 Å². The van der Waals surface area contributed by atoms with Gasteiger partial charge in [-0.3, -0.25) is 0 Å². The zero-order valence-electron chi connectivity index (χ0n) is 13.1. The fraction of sp³-hybridized carbons (Fsp3) is 0.312. The van der Waals surface area contributed by atoms with Gasteiger partial charge in [0.1, 0.15) is 10.8 Å². The second-order valence-electron chi connectivity index (χ2n) is 5.13. The number of thiophene rings is 1. The lowest BCUT2D eigenvalue weighted by Gasteiger charge is -2.06. The number of anilines is 2. The van der Waals surface area contributed by atoms with Crippen LogP contribution >= 0.6 is 11.3 Å². The fourth-order valence-electron chi connectivity index (χ4n) is 1.86. The van der Waals surface area contributed by atoms with E-state index in [9.17, 15) is 9.59 Å². The van der Waals surface area contributed by atoms with E-state index in [0.29, 0.717) is 23.0 Å². The normalized spacial score (nSPS) is 10.6. The summed E-state index contributed by atoms with van der Waals surface area (Å²) in [4.78, 5) is 28.0. The zero-order chi connectivity index (χ0) is 17.0. The van der Waals surface area contributed by atoms with Gasteiger partial charge in [-0.1, -0.05) is 13.8 Å². The first-order chi connectivity index (χ1) is 10.9. The average Bonchev–Trinajstić information content (AvgIpc) is 2.92. The van der Waals surface area contributed by atoms with Crippen molar-refractivity contribution < 1.29 is 19.4 Å². The van der Waals surface area contributed by atoms with Crippen molar-refractivity contribution in [3.05, 3.63) is 40.4 Å². The van der Waals surface area contributed by atoms with Crippen LogP contribution in [0.25, 0.3) is 0 Å². The lowest BCUT2D eigenvalue weighted by Crippen LogP contribution is -2.06. The second-order valence-corrected chi connectivity index (χ2v) is 6.21. The first kappa shape index (κ1) is 17.0. The van der Waals surface area contributed by atoms with Crippen LogP contribution in [0.3, 0.4) is 0 Å². The van der Waals surface area contributed by atoms with Crippen molar-refractivity contribution in [1.29, 1.82) is 0 Å². The van der Waals surface area contributed by atoms with Crippen molar-refractivity contribution in [3.8, 4) is 0 Å². The van der Waals surface area contributed by atoms with Crippen LogP contribution in [0.5, 0.6) is 0 Å². The summed E-state index contributed by atoms with van der Waals surface area (Å²) in [5, 5.41) is 12.6. The molecule has 0 saturated heterocycles. The Labute approximate surface area is 138 Å². The molecule has 0 aliphatic heterocycles. The van der Waals surface area contributed by atoms with E-state index in [4.69, 9.17) is 9.84 Å². The van der Waals surface area contributed by atoms with E-state index < -0.39 is 5.97 Å². The molecule has 2 aromatic heterocycles. The van der Waals surface area contributed by atoms with Crippen molar-refractivity contribution in [2.24, 2.45) is 0 Å². The monoisotopic (exact) mass is 334 g/mol. The smallest absolute Gasteiger partial charge is 0.341 e. The van der Waals surface area contributed by atoms with Crippen LogP contribution in [0.4, 0.5) is 10.8 Å². The summed E-state index contributed by atoms with van der Waals surface area (Å²) >= 11 is 1.46. The number of nitrogens with one attached hydrogen (secondary N) is 1. The Bertz CT molecular complexity index is 707. The molecule has 2 rings (SSSR count). The number of rotatable bonds is 6. The highest BCUT2D eigenvalue weighted by Crippen LogP contribution is 2.35. The van der Waals surface area contributed by atoms with Gasteiger partial charge >= 0.3 is 11.9 Å².